The van der Waals surface area contributed by atoms with Crippen molar-refractivity contribution in [2.45, 2.75) is 65.6 Å². The molecule has 206 valence electrons. The van der Waals surface area contributed by atoms with Crippen LogP contribution in [-0.4, -0.2) is 54.0 Å². The van der Waals surface area contributed by atoms with Gasteiger partial charge in [-0.05, 0) is 60.7 Å². The first kappa shape index (κ1) is 28.1. The molecule has 0 atom stereocenters. The van der Waals surface area contributed by atoms with Crippen LogP contribution in [0.3, 0.4) is 0 Å². The van der Waals surface area contributed by atoms with Gasteiger partial charge in [0.25, 0.3) is 5.91 Å². The highest BCUT2D eigenvalue weighted by molar-refractivity contribution is 5.92. The fourth-order valence-corrected chi connectivity index (χ4v) is 4.58. The number of aliphatic hydroxyl groups is 1. The molecular formula is C29H37N7O3. The van der Waals surface area contributed by atoms with Crippen molar-refractivity contribution in [2.75, 3.05) is 13.2 Å². The molecule has 0 saturated heterocycles. The number of primary amides is 1. The van der Waals surface area contributed by atoms with Gasteiger partial charge in [0.05, 0.1) is 0 Å². The quantitative estimate of drug-likeness (QED) is 0.249. The number of nitrogens with two attached hydrogens (primary N) is 1. The Kier molecular flexibility index (Phi) is 8.88. The van der Waals surface area contributed by atoms with E-state index in [1.165, 1.54) is 0 Å². The number of ether oxygens (including phenoxy) is 1. The zero-order valence-electron chi connectivity index (χ0n) is 23.1. The van der Waals surface area contributed by atoms with Gasteiger partial charge in [-0.3, -0.25) is 4.79 Å². The third-order valence-corrected chi connectivity index (χ3v) is 6.50. The molecular weight excluding hydrogens is 494 g/mol. The van der Waals surface area contributed by atoms with Crippen LogP contribution in [0.25, 0.3) is 22.5 Å². The van der Waals surface area contributed by atoms with Crippen molar-refractivity contribution in [1.82, 2.24) is 29.8 Å². The topological polar surface area (TPSA) is 134 Å². The molecule has 0 aliphatic heterocycles. The summed E-state index contributed by atoms with van der Waals surface area (Å²) in [5.74, 6) is 0.870. The van der Waals surface area contributed by atoms with Crippen LogP contribution in [0.15, 0.2) is 48.5 Å². The van der Waals surface area contributed by atoms with Gasteiger partial charge in [0.1, 0.15) is 22.8 Å². The molecule has 0 bridgehead atoms. The zero-order chi connectivity index (χ0) is 28.0. The highest BCUT2D eigenvalue weighted by Crippen LogP contribution is 2.27. The van der Waals surface area contributed by atoms with Gasteiger partial charge in [-0.1, -0.05) is 55.5 Å². The number of aryl methyl sites for hydroxylation is 2. The summed E-state index contributed by atoms with van der Waals surface area (Å²) >= 11 is 0. The Morgan fingerprint density at radius 3 is 2.26 bits per heavy atom. The van der Waals surface area contributed by atoms with Crippen LogP contribution in [0, 0.1) is 0 Å². The fourth-order valence-electron chi connectivity index (χ4n) is 4.58. The van der Waals surface area contributed by atoms with Gasteiger partial charge in [-0.25, -0.2) is 9.67 Å². The molecule has 0 spiro atoms. The maximum Gasteiger partial charge on any atom is 0.267 e. The van der Waals surface area contributed by atoms with E-state index in [4.69, 9.17) is 10.5 Å². The van der Waals surface area contributed by atoms with E-state index >= 15 is 0 Å². The van der Waals surface area contributed by atoms with Crippen molar-refractivity contribution in [1.29, 1.82) is 0 Å². The van der Waals surface area contributed by atoms with Crippen LogP contribution in [0.5, 0.6) is 0 Å². The first-order valence-electron chi connectivity index (χ1n) is 13.4. The average molecular weight is 532 g/mol. The van der Waals surface area contributed by atoms with Gasteiger partial charge in [-0.2, -0.15) is 0 Å². The minimum Gasteiger partial charge on any atom is -0.384 e. The lowest BCUT2D eigenvalue weighted by Gasteiger charge is -2.16. The summed E-state index contributed by atoms with van der Waals surface area (Å²) < 4.78 is 9.05. The summed E-state index contributed by atoms with van der Waals surface area (Å²) in [6.07, 6.45) is 2.38. The van der Waals surface area contributed by atoms with Gasteiger partial charge in [-0.15, -0.1) is 5.10 Å². The van der Waals surface area contributed by atoms with Crippen molar-refractivity contribution in [3.63, 3.8) is 0 Å². The normalized spacial score (nSPS) is 11.7. The van der Waals surface area contributed by atoms with E-state index < -0.39 is 11.5 Å². The highest BCUT2D eigenvalue weighted by Gasteiger charge is 2.30. The van der Waals surface area contributed by atoms with E-state index in [2.05, 4.69) is 51.7 Å². The number of aromatic nitrogens is 6. The van der Waals surface area contributed by atoms with Gasteiger partial charge < -0.3 is 20.1 Å². The average Bonchev–Trinajstić information content (AvgIpc) is 3.52. The number of carbonyl (C=O) groups excluding carboxylic acids is 1. The first-order chi connectivity index (χ1) is 18.7. The van der Waals surface area contributed by atoms with E-state index in [0.717, 1.165) is 46.7 Å². The molecule has 0 aliphatic carbocycles. The summed E-state index contributed by atoms with van der Waals surface area (Å²) in [4.78, 5) is 17.0. The Hall–Kier alpha value is -3.89. The van der Waals surface area contributed by atoms with Gasteiger partial charge in [0.15, 0.2) is 5.82 Å². The minimum absolute atomic E-state index is 0.255. The molecule has 39 heavy (non-hydrogen) atoms. The highest BCUT2D eigenvalue weighted by atomic mass is 16.5. The van der Waals surface area contributed by atoms with E-state index in [1.807, 2.05) is 35.8 Å². The molecule has 4 aromatic rings. The van der Waals surface area contributed by atoms with Crippen LogP contribution in [0.4, 0.5) is 0 Å². The van der Waals surface area contributed by atoms with E-state index in [9.17, 15) is 9.90 Å². The Bertz CT molecular complexity index is 1380. The molecule has 0 fully saturated rings. The summed E-state index contributed by atoms with van der Waals surface area (Å²) in [5.41, 5.74) is 9.11. The lowest BCUT2D eigenvalue weighted by Crippen LogP contribution is -2.25. The molecule has 0 radical (unpaired) electrons. The van der Waals surface area contributed by atoms with Crippen LogP contribution >= 0.6 is 0 Å². The molecule has 10 nitrogen and oxygen atoms in total. The number of rotatable bonds is 13. The van der Waals surface area contributed by atoms with Crippen molar-refractivity contribution < 1.29 is 14.6 Å². The Morgan fingerprint density at radius 2 is 1.67 bits per heavy atom. The third-order valence-electron chi connectivity index (χ3n) is 6.50. The predicted octanol–water partition coefficient (Wildman–Crippen LogP) is 3.96. The number of imidazole rings is 1. The lowest BCUT2D eigenvalue weighted by molar-refractivity contribution is 0.0711. The summed E-state index contributed by atoms with van der Waals surface area (Å²) in [7, 11) is 0. The maximum atomic E-state index is 12.4. The smallest absolute Gasteiger partial charge is 0.267 e. The molecule has 2 aromatic heterocycles. The van der Waals surface area contributed by atoms with Crippen molar-refractivity contribution in [3.05, 3.63) is 71.3 Å². The summed E-state index contributed by atoms with van der Waals surface area (Å²) in [6.45, 7) is 9.76. The molecule has 2 heterocycles. The van der Waals surface area contributed by atoms with Crippen LogP contribution in [0.1, 0.15) is 68.1 Å². The molecule has 2 aromatic carbocycles. The Morgan fingerprint density at radius 1 is 1.03 bits per heavy atom. The van der Waals surface area contributed by atoms with E-state index in [1.54, 1.807) is 18.5 Å². The monoisotopic (exact) mass is 531 g/mol. The number of carbonyl (C=O) groups is 1. The molecule has 0 unspecified atom stereocenters. The van der Waals surface area contributed by atoms with Gasteiger partial charge in [0.2, 0.25) is 0 Å². The molecule has 1 amide bonds. The second kappa shape index (κ2) is 12.3. The van der Waals surface area contributed by atoms with Crippen LogP contribution in [0.2, 0.25) is 0 Å². The maximum absolute atomic E-state index is 12.4. The number of amides is 1. The largest absolute Gasteiger partial charge is 0.384 e. The van der Waals surface area contributed by atoms with Gasteiger partial charge >= 0.3 is 0 Å². The van der Waals surface area contributed by atoms with E-state index in [-0.39, 0.29) is 5.69 Å². The second-order valence-corrected chi connectivity index (χ2v) is 10.0. The standard InChI is InChI=1S/C29H37N7O3/c1-5-8-24-31-26(29(3,4)38)25(27(30)37)35(24)19-20-9-11-21(12-10-20)22-13-15-23(16-14-22)28-32-33-34-36(28)17-7-18-39-6-2/h9-16,38H,5-8,17-19H2,1-4H3,(H2,30,37). The first-order valence-corrected chi connectivity index (χ1v) is 13.4. The van der Waals surface area contributed by atoms with Gasteiger partial charge in [0, 0.05) is 38.3 Å². The van der Waals surface area contributed by atoms with E-state index in [0.29, 0.717) is 38.4 Å². The Labute approximate surface area is 228 Å². The lowest BCUT2D eigenvalue weighted by atomic mass is 10.0. The fraction of sp³-hybridized carbons (Fsp3) is 0.414. The number of nitrogens with zero attached hydrogens (tertiary/aromatic N) is 6. The van der Waals surface area contributed by atoms with Crippen molar-refractivity contribution >= 4 is 5.91 Å². The number of hydrogen-bond acceptors (Lipinski definition) is 7. The molecule has 4 rings (SSSR count). The Balaban J connectivity index is 1.52. The van der Waals surface area contributed by atoms with Crippen LogP contribution < -0.4 is 5.73 Å². The summed E-state index contributed by atoms with van der Waals surface area (Å²) in [5, 5.41) is 22.8. The van der Waals surface area contributed by atoms with Crippen molar-refractivity contribution in [3.8, 4) is 22.5 Å². The van der Waals surface area contributed by atoms with Crippen LogP contribution in [-0.2, 0) is 29.8 Å². The molecule has 0 saturated carbocycles. The third kappa shape index (κ3) is 6.58. The number of tetrazole rings is 1. The minimum atomic E-state index is -1.28. The van der Waals surface area contributed by atoms with Crippen molar-refractivity contribution in [2.24, 2.45) is 5.73 Å². The molecule has 3 N–H and O–H groups in total. The molecule has 10 heteroatoms. The number of hydrogen-bond donors (Lipinski definition) is 2. The SMILES string of the molecule is CCCc1nc(C(C)(C)O)c(C(N)=O)n1Cc1ccc(-c2ccc(-c3nnnn3CCCOCC)cc2)cc1. The zero-order valence-corrected chi connectivity index (χ0v) is 23.1. The summed E-state index contributed by atoms with van der Waals surface area (Å²) in [6, 6.07) is 16.3. The molecule has 0 aliphatic rings. The number of benzene rings is 2. The second-order valence-electron chi connectivity index (χ2n) is 10.0. The predicted molar refractivity (Wildman–Crippen MR) is 149 cm³/mol.